The number of nitrogens with zero attached hydrogens (tertiary/aromatic N) is 3. The van der Waals surface area contributed by atoms with Crippen LogP contribution in [0, 0.1) is 5.92 Å². The van der Waals surface area contributed by atoms with Gasteiger partial charge in [-0.25, -0.2) is 4.98 Å². The normalized spacial score (nSPS) is 15.7. The summed E-state index contributed by atoms with van der Waals surface area (Å²) < 4.78 is 5.42. The van der Waals surface area contributed by atoms with Crippen LogP contribution in [0.4, 0.5) is 34.5 Å². The van der Waals surface area contributed by atoms with Crippen molar-refractivity contribution in [3.8, 4) is 0 Å². The van der Waals surface area contributed by atoms with Crippen molar-refractivity contribution in [1.82, 2.24) is 9.97 Å². The second kappa shape index (κ2) is 9.64. The molecule has 5 rings (SSSR count). The van der Waals surface area contributed by atoms with Crippen molar-refractivity contribution in [2.24, 2.45) is 5.92 Å². The van der Waals surface area contributed by atoms with Crippen LogP contribution in [0.5, 0.6) is 0 Å². The summed E-state index contributed by atoms with van der Waals surface area (Å²) >= 11 is 6.36. The number of nitrogens with one attached hydrogen (secondary N) is 3. The third-order valence-electron chi connectivity index (χ3n) is 5.63. The highest BCUT2D eigenvalue weighted by Crippen LogP contribution is 2.33. The van der Waals surface area contributed by atoms with Crippen LogP contribution < -0.4 is 20.9 Å². The van der Waals surface area contributed by atoms with Crippen LogP contribution in [-0.4, -0.2) is 42.2 Å². The van der Waals surface area contributed by atoms with Gasteiger partial charge in [0.05, 0.1) is 30.8 Å². The molecule has 3 aromatic rings. The molecule has 0 atom stereocenters. The van der Waals surface area contributed by atoms with Crippen molar-refractivity contribution in [2.45, 2.75) is 12.8 Å². The zero-order valence-electron chi connectivity index (χ0n) is 18.1. The van der Waals surface area contributed by atoms with Gasteiger partial charge in [0.15, 0.2) is 5.82 Å². The summed E-state index contributed by atoms with van der Waals surface area (Å²) in [6.07, 6.45) is 3.44. The number of morpholine rings is 1. The van der Waals surface area contributed by atoms with Gasteiger partial charge in [-0.05, 0) is 49.2 Å². The first-order valence-electron chi connectivity index (χ1n) is 11.0. The predicted octanol–water partition coefficient (Wildman–Crippen LogP) is 4.80. The summed E-state index contributed by atoms with van der Waals surface area (Å²) in [5.74, 6) is 1.03. The number of carbonyl (C=O) groups is 1. The molecule has 0 bridgehead atoms. The van der Waals surface area contributed by atoms with Crippen LogP contribution in [0.25, 0.3) is 0 Å². The predicted molar refractivity (Wildman–Crippen MR) is 131 cm³/mol. The van der Waals surface area contributed by atoms with E-state index in [0.29, 0.717) is 28.2 Å². The maximum Gasteiger partial charge on any atom is 0.229 e. The Balaban J connectivity index is 1.29. The van der Waals surface area contributed by atoms with Gasteiger partial charge in [-0.2, -0.15) is 4.98 Å². The first kappa shape index (κ1) is 21.5. The number of aromatic nitrogens is 2. The standard InChI is InChI=1S/C24H25ClN6O2/c25-19-15-26-24(27-17-7-9-18(10-8-17)31-11-13-33-14-12-31)30-22(19)28-20-3-1-2-4-21(20)29-23(32)16-5-6-16/h1-4,7-10,15-16H,5-6,11-14H2,(H,29,32)(H2,26,27,28,30). The number of para-hydroxylation sites is 2. The Morgan fingerprint density at radius 1 is 1.00 bits per heavy atom. The minimum atomic E-state index is 0.0425. The Morgan fingerprint density at radius 3 is 2.45 bits per heavy atom. The number of anilines is 6. The molecule has 0 radical (unpaired) electrons. The van der Waals surface area contributed by atoms with Gasteiger partial charge < -0.3 is 25.6 Å². The maximum atomic E-state index is 12.2. The SMILES string of the molecule is O=C(Nc1ccccc1Nc1nc(Nc2ccc(N3CCOCC3)cc2)ncc1Cl)C1CC1. The van der Waals surface area contributed by atoms with Gasteiger partial charge in [0, 0.05) is 30.4 Å². The third-order valence-corrected chi connectivity index (χ3v) is 5.91. The Labute approximate surface area is 197 Å². The minimum absolute atomic E-state index is 0.0425. The number of ether oxygens (including phenoxy) is 1. The zero-order valence-corrected chi connectivity index (χ0v) is 18.8. The van der Waals surface area contributed by atoms with Crippen molar-refractivity contribution < 1.29 is 9.53 Å². The molecule has 33 heavy (non-hydrogen) atoms. The smallest absolute Gasteiger partial charge is 0.229 e. The molecule has 9 heteroatoms. The monoisotopic (exact) mass is 464 g/mol. The number of benzene rings is 2. The molecule has 2 heterocycles. The molecule has 1 aliphatic carbocycles. The van der Waals surface area contributed by atoms with E-state index < -0.39 is 0 Å². The minimum Gasteiger partial charge on any atom is -0.378 e. The molecule has 1 amide bonds. The Kier molecular flexibility index (Phi) is 6.28. The molecule has 3 N–H and O–H groups in total. The number of amides is 1. The van der Waals surface area contributed by atoms with Gasteiger partial charge in [0.1, 0.15) is 5.02 Å². The summed E-state index contributed by atoms with van der Waals surface area (Å²) in [5, 5.41) is 9.82. The van der Waals surface area contributed by atoms with Crippen LogP contribution >= 0.6 is 11.6 Å². The Morgan fingerprint density at radius 2 is 1.73 bits per heavy atom. The number of halogens is 1. The van der Waals surface area contributed by atoms with Crippen molar-refractivity contribution in [2.75, 3.05) is 47.2 Å². The highest BCUT2D eigenvalue weighted by Gasteiger charge is 2.30. The number of hydrogen-bond acceptors (Lipinski definition) is 7. The van der Waals surface area contributed by atoms with Crippen molar-refractivity contribution in [3.63, 3.8) is 0 Å². The molecule has 0 unspecified atom stereocenters. The van der Waals surface area contributed by atoms with Crippen LogP contribution in [0.2, 0.25) is 5.02 Å². The Bertz CT molecular complexity index is 1130. The van der Waals surface area contributed by atoms with E-state index in [4.69, 9.17) is 16.3 Å². The molecule has 1 saturated heterocycles. The average Bonchev–Trinajstić information content (AvgIpc) is 3.69. The Hall–Kier alpha value is -3.36. The van der Waals surface area contributed by atoms with Crippen LogP contribution in [0.1, 0.15) is 12.8 Å². The lowest BCUT2D eigenvalue weighted by Crippen LogP contribution is -2.36. The van der Waals surface area contributed by atoms with E-state index in [2.05, 4.69) is 43.0 Å². The van der Waals surface area contributed by atoms with Crippen molar-refractivity contribution >= 4 is 52.0 Å². The maximum absolute atomic E-state index is 12.2. The van der Waals surface area contributed by atoms with E-state index in [1.807, 2.05) is 36.4 Å². The molecule has 1 saturated carbocycles. The molecule has 2 fully saturated rings. The van der Waals surface area contributed by atoms with E-state index in [9.17, 15) is 4.79 Å². The summed E-state index contributed by atoms with van der Waals surface area (Å²) in [4.78, 5) is 23.4. The summed E-state index contributed by atoms with van der Waals surface area (Å²) in [7, 11) is 0. The summed E-state index contributed by atoms with van der Waals surface area (Å²) in [5.41, 5.74) is 3.44. The van der Waals surface area contributed by atoms with Crippen LogP contribution in [0.3, 0.4) is 0 Å². The number of rotatable bonds is 7. The van der Waals surface area contributed by atoms with E-state index in [-0.39, 0.29) is 11.8 Å². The van der Waals surface area contributed by atoms with E-state index >= 15 is 0 Å². The average molecular weight is 465 g/mol. The topological polar surface area (TPSA) is 91.4 Å². The van der Waals surface area contributed by atoms with Gasteiger partial charge in [-0.1, -0.05) is 23.7 Å². The van der Waals surface area contributed by atoms with Gasteiger partial charge in [-0.15, -0.1) is 0 Å². The first-order valence-corrected chi connectivity index (χ1v) is 11.4. The molecule has 0 spiro atoms. The van der Waals surface area contributed by atoms with Crippen molar-refractivity contribution in [1.29, 1.82) is 0 Å². The lowest BCUT2D eigenvalue weighted by Gasteiger charge is -2.28. The third kappa shape index (κ3) is 5.35. The zero-order chi connectivity index (χ0) is 22.6. The fourth-order valence-corrected chi connectivity index (χ4v) is 3.77. The van der Waals surface area contributed by atoms with Crippen LogP contribution in [0.15, 0.2) is 54.7 Å². The first-order chi connectivity index (χ1) is 16.2. The summed E-state index contributed by atoms with van der Waals surface area (Å²) in [6.45, 7) is 3.29. The lowest BCUT2D eigenvalue weighted by molar-refractivity contribution is -0.117. The molecule has 2 aliphatic rings. The van der Waals surface area contributed by atoms with E-state index in [0.717, 1.165) is 50.5 Å². The number of hydrogen-bond donors (Lipinski definition) is 3. The van der Waals surface area contributed by atoms with E-state index in [1.54, 1.807) is 6.20 Å². The molecular formula is C24H25ClN6O2. The van der Waals surface area contributed by atoms with E-state index in [1.165, 1.54) is 0 Å². The molecular weight excluding hydrogens is 440 g/mol. The molecule has 1 aliphatic heterocycles. The molecule has 1 aromatic heterocycles. The molecule has 170 valence electrons. The second-order valence-electron chi connectivity index (χ2n) is 8.10. The highest BCUT2D eigenvalue weighted by atomic mass is 35.5. The number of carbonyl (C=O) groups excluding carboxylic acids is 1. The van der Waals surface area contributed by atoms with Crippen molar-refractivity contribution in [3.05, 3.63) is 59.8 Å². The van der Waals surface area contributed by atoms with Gasteiger partial charge >= 0.3 is 0 Å². The molecule has 2 aromatic carbocycles. The fraction of sp³-hybridized carbons (Fsp3) is 0.292. The van der Waals surface area contributed by atoms with Gasteiger partial charge in [0.2, 0.25) is 11.9 Å². The lowest BCUT2D eigenvalue weighted by atomic mass is 10.2. The quantitative estimate of drug-likeness (QED) is 0.462. The van der Waals surface area contributed by atoms with Gasteiger partial charge in [0.25, 0.3) is 0 Å². The van der Waals surface area contributed by atoms with Crippen LogP contribution in [-0.2, 0) is 9.53 Å². The van der Waals surface area contributed by atoms with Gasteiger partial charge in [-0.3, -0.25) is 4.79 Å². The fourth-order valence-electron chi connectivity index (χ4n) is 3.63. The molecule has 8 nitrogen and oxygen atoms in total. The summed E-state index contributed by atoms with van der Waals surface area (Å²) in [6, 6.07) is 15.6. The largest absolute Gasteiger partial charge is 0.378 e. The highest BCUT2D eigenvalue weighted by molar-refractivity contribution is 6.33. The second-order valence-corrected chi connectivity index (χ2v) is 8.50.